The smallest absolute Gasteiger partial charge is 0.234 e. The zero-order valence-electron chi connectivity index (χ0n) is 24.6. The molecule has 35 heavy (non-hydrogen) atoms. The third-order valence-electron chi connectivity index (χ3n) is 7.85. The molecule has 0 spiro atoms. The molecule has 0 unspecified atom stereocenters. The van der Waals surface area contributed by atoms with Crippen molar-refractivity contribution in [1.82, 2.24) is 4.57 Å². The van der Waals surface area contributed by atoms with E-state index in [9.17, 15) is 0 Å². The first-order chi connectivity index (χ1) is 17.3. The van der Waals surface area contributed by atoms with Crippen molar-refractivity contribution in [3.63, 3.8) is 0 Å². The molecule has 0 amide bonds. The second kappa shape index (κ2) is 24.9. The molecule has 0 aromatic carbocycles. The quantitative estimate of drug-likeness (QED) is 0.0858. The number of rotatable bonds is 27. The minimum absolute atomic E-state index is 1.21. The van der Waals surface area contributed by atoms with Crippen LogP contribution < -0.4 is 4.57 Å². The molecule has 0 aliphatic rings. The van der Waals surface area contributed by atoms with Gasteiger partial charge in [-0.3, -0.25) is 0 Å². The Kier molecular flexibility index (Phi) is 22.9. The lowest BCUT2D eigenvalue weighted by atomic mass is 10.0. The van der Waals surface area contributed by atoms with Gasteiger partial charge < -0.3 is 0 Å². The molecule has 1 rings (SSSR count). The van der Waals surface area contributed by atoms with Gasteiger partial charge in [-0.2, -0.15) is 0 Å². The van der Waals surface area contributed by atoms with Gasteiger partial charge >= 0.3 is 0 Å². The monoisotopic (exact) mass is 490 g/mol. The van der Waals surface area contributed by atoms with Crippen molar-refractivity contribution in [1.29, 1.82) is 0 Å². The summed E-state index contributed by atoms with van der Waals surface area (Å²) >= 11 is 0. The topological polar surface area (TPSA) is 8.81 Å². The zero-order chi connectivity index (χ0) is 25.2. The Morgan fingerprint density at radius 2 is 0.886 bits per heavy atom. The lowest BCUT2D eigenvalue weighted by molar-refractivity contribution is -0.704. The van der Waals surface area contributed by atoms with Gasteiger partial charge in [0, 0.05) is 6.42 Å². The minimum Gasteiger partial charge on any atom is -0.234 e. The Morgan fingerprint density at radius 3 is 1.37 bits per heavy atom. The first-order valence-corrected chi connectivity index (χ1v) is 16.4. The first-order valence-electron chi connectivity index (χ1n) is 16.4. The lowest BCUT2D eigenvalue weighted by Crippen LogP contribution is -2.37. The summed E-state index contributed by atoms with van der Waals surface area (Å²) in [4.78, 5) is 0. The van der Waals surface area contributed by atoms with E-state index in [0.29, 0.717) is 0 Å². The highest BCUT2D eigenvalue weighted by molar-refractivity contribution is 4.84. The maximum Gasteiger partial charge on any atom is 0.256 e. The molecule has 0 radical (unpaired) electrons. The molecule has 1 aromatic rings. The second-order valence-corrected chi connectivity index (χ2v) is 11.3. The standard InChI is InChI=1S/C33H65N2/c1-4-7-10-12-14-16-17-18-19-20-22-24-27-30-35-32-31-34(29-26-9-6-3)33(35)28-25-23-21-15-13-11-8-5-2/h31-32H,4-30H2,1-3H3/q+1. The van der Waals surface area contributed by atoms with Crippen LogP contribution in [-0.4, -0.2) is 4.57 Å². The Bertz CT molecular complexity index is 547. The summed E-state index contributed by atoms with van der Waals surface area (Å²) < 4.78 is 5.19. The summed E-state index contributed by atoms with van der Waals surface area (Å²) in [7, 11) is 0. The van der Waals surface area contributed by atoms with Crippen molar-refractivity contribution in [2.24, 2.45) is 0 Å². The van der Waals surface area contributed by atoms with Crippen molar-refractivity contribution in [2.45, 2.75) is 194 Å². The van der Waals surface area contributed by atoms with Crippen LogP contribution in [0.5, 0.6) is 0 Å². The van der Waals surface area contributed by atoms with Gasteiger partial charge in [0.2, 0.25) is 0 Å². The molecule has 0 saturated heterocycles. The van der Waals surface area contributed by atoms with Gasteiger partial charge in [-0.15, -0.1) is 0 Å². The molecule has 0 atom stereocenters. The molecule has 0 aliphatic carbocycles. The largest absolute Gasteiger partial charge is 0.256 e. The molecule has 1 aromatic heterocycles. The molecule has 2 heteroatoms. The second-order valence-electron chi connectivity index (χ2n) is 11.3. The maximum atomic E-state index is 2.60. The van der Waals surface area contributed by atoms with E-state index < -0.39 is 0 Å². The van der Waals surface area contributed by atoms with Crippen molar-refractivity contribution < 1.29 is 4.57 Å². The van der Waals surface area contributed by atoms with Gasteiger partial charge in [-0.1, -0.05) is 143 Å². The number of hydrogen-bond donors (Lipinski definition) is 0. The van der Waals surface area contributed by atoms with E-state index in [1.54, 1.807) is 5.82 Å². The number of aromatic nitrogens is 2. The highest BCUT2D eigenvalue weighted by atomic mass is 15.1. The van der Waals surface area contributed by atoms with Gasteiger partial charge in [0.15, 0.2) is 0 Å². The predicted molar refractivity (Wildman–Crippen MR) is 156 cm³/mol. The highest BCUT2D eigenvalue weighted by Crippen LogP contribution is 2.14. The Morgan fingerprint density at radius 1 is 0.486 bits per heavy atom. The molecule has 0 N–H and O–H groups in total. The van der Waals surface area contributed by atoms with Crippen LogP contribution in [0.25, 0.3) is 0 Å². The maximum absolute atomic E-state index is 2.60. The zero-order valence-corrected chi connectivity index (χ0v) is 24.6. The third kappa shape index (κ3) is 18.2. The average molecular weight is 490 g/mol. The van der Waals surface area contributed by atoms with Crippen LogP contribution in [0.2, 0.25) is 0 Å². The van der Waals surface area contributed by atoms with Crippen LogP contribution in [0.15, 0.2) is 12.4 Å². The van der Waals surface area contributed by atoms with Crippen LogP contribution >= 0.6 is 0 Å². The average Bonchev–Trinajstić information content (AvgIpc) is 3.25. The molecule has 206 valence electrons. The van der Waals surface area contributed by atoms with Gasteiger partial charge in [-0.25, -0.2) is 9.13 Å². The molecule has 0 fully saturated rings. The summed E-state index contributed by atoms with van der Waals surface area (Å²) in [6.45, 7) is 9.37. The molecule has 2 nitrogen and oxygen atoms in total. The molecular formula is C33H65N2+. The molecule has 0 aliphatic heterocycles. The van der Waals surface area contributed by atoms with Crippen molar-refractivity contribution in [3.8, 4) is 0 Å². The number of aryl methyl sites for hydroxylation is 2. The van der Waals surface area contributed by atoms with Crippen LogP contribution in [0.4, 0.5) is 0 Å². The van der Waals surface area contributed by atoms with Crippen LogP contribution in [0.3, 0.4) is 0 Å². The Labute approximate surface area is 221 Å². The first kappa shape index (κ1) is 32.2. The van der Waals surface area contributed by atoms with E-state index in [-0.39, 0.29) is 0 Å². The summed E-state index contributed by atoms with van der Waals surface area (Å²) in [6.07, 6.45) is 40.0. The summed E-state index contributed by atoms with van der Waals surface area (Å²) in [5.41, 5.74) is 0. The molecule has 0 bridgehead atoms. The van der Waals surface area contributed by atoms with Gasteiger partial charge in [0.1, 0.15) is 12.4 Å². The van der Waals surface area contributed by atoms with Gasteiger partial charge in [-0.05, 0) is 32.1 Å². The Balaban J connectivity index is 2.20. The van der Waals surface area contributed by atoms with Gasteiger partial charge in [0.05, 0.1) is 13.1 Å². The third-order valence-corrected chi connectivity index (χ3v) is 7.85. The summed E-state index contributed by atoms with van der Waals surface area (Å²) in [6, 6.07) is 0. The SMILES string of the molecule is CCCCCCCCCCCCCCCn1cc[n+](CCCCC)c1CCCCCCCCCC. The number of unbranched alkanes of at least 4 members (excludes halogenated alkanes) is 21. The van der Waals surface area contributed by atoms with E-state index in [4.69, 9.17) is 0 Å². The fraction of sp³-hybridized carbons (Fsp3) is 0.909. The fourth-order valence-electron chi connectivity index (χ4n) is 5.44. The number of imidazole rings is 1. The minimum atomic E-state index is 1.21. The lowest BCUT2D eigenvalue weighted by Gasteiger charge is -2.07. The molecule has 0 saturated carbocycles. The predicted octanol–water partition coefficient (Wildman–Crippen LogP) is 10.7. The van der Waals surface area contributed by atoms with Crippen LogP contribution in [0, 0.1) is 0 Å². The highest BCUT2D eigenvalue weighted by Gasteiger charge is 2.16. The normalized spacial score (nSPS) is 11.5. The van der Waals surface area contributed by atoms with Gasteiger partial charge in [0.25, 0.3) is 5.82 Å². The van der Waals surface area contributed by atoms with Crippen molar-refractivity contribution in [2.75, 3.05) is 0 Å². The van der Waals surface area contributed by atoms with E-state index in [1.165, 1.54) is 174 Å². The van der Waals surface area contributed by atoms with E-state index in [1.807, 2.05) is 0 Å². The fourth-order valence-corrected chi connectivity index (χ4v) is 5.44. The molecule has 1 heterocycles. The Hall–Kier alpha value is -0.790. The number of hydrogen-bond acceptors (Lipinski definition) is 0. The summed E-state index contributed by atoms with van der Waals surface area (Å²) in [5.74, 6) is 1.60. The van der Waals surface area contributed by atoms with E-state index >= 15 is 0 Å². The van der Waals surface area contributed by atoms with Crippen LogP contribution in [-0.2, 0) is 19.5 Å². The summed E-state index contributed by atoms with van der Waals surface area (Å²) in [5, 5.41) is 0. The van der Waals surface area contributed by atoms with E-state index in [2.05, 4.69) is 42.3 Å². The van der Waals surface area contributed by atoms with Crippen molar-refractivity contribution >= 4 is 0 Å². The van der Waals surface area contributed by atoms with E-state index in [0.717, 1.165) is 0 Å². The number of nitrogens with zero attached hydrogens (tertiary/aromatic N) is 2. The van der Waals surface area contributed by atoms with Crippen molar-refractivity contribution in [3.05, 3.63) is 18.2 Å². The molecular weight excluding hydrogens is 424 g/mol. The van der Waals surface area contributed by atoms with Crippen LogP contribution in [0.1, 0.15) is 181 Å².